The molecule has 104 valence electrons. The van der Waals surface area contributed by atoms with Crippen molar-refractivity contribution in [3.8, 4) is 0 Å². The van der Waals surface area contributed by atoms with Crippen LogP contribution in [-0.4, -0.2) is 13.1 Å². The van der Waals surface area contributed by atoms with Gasteiger partial charge in [-0.3, -0.25) is 0 Å². The molecular weight excluding hydrogens is 242 g/mol. The Hall–Kier alpha value is -1.86. The van der Waals surface area contributed by atoms with E-state index in [2.05, 4.69) is 73.4 Å². The van der Waals surface area contributed by atoms with Gasteiger partial charge >= 0.3 is 0 Å². The van der Waals surface area contributed by atoms with E-state index in [1.165, 1.54) is 16.7 Å². The first-order valence-corrected chi connectivity index (χ1v) is 7.23. The molecule has 0 aliphatic rings. The van der Waals surface area contributed by atoms with Crippen molar-refractivity contribution in [3.63, 3.8) is 0 Å². The van der Waals surface area contributed by atoms with Crippen LogP contribution in [-0.2, 0) is 6.42 Å². The summed E-state index contributed by atoms with van der Waals surface area (Å²) >= 11 is 0. The summed E-state index contributed by atoms with van der Waals surface area (Å²) in [7, 11) is 0. The van der Waals surface area contributed by atoms with Crippen molar-refractivity contribution in [1.29, 1.82) is 0 Å². The zero-order valence-corrected chi connectivity index (χ0v) is 12.2. The SMILES string of the molecule is C=CC(CNCCc1ccc(C)cc1)c1ccccc1. The van der Waals surface area contributed by atoms with E-state index in [1.54, 1.807) is 0 Å². The highest BCUT2D eigenvalue weighted by Gasteiger charge is 2.05. The highest BCUT2D eigenvalue weighted by molar-refractivity contribution is 5.24. The smallest absolute Gasteiger partial charge is 0.0141 e. The fraction of sp³-hybridized carbons (Fsp3) is 0.263. The lowest BCUT2D eigenvalue weighted by Gasteiger charge is -2.14. The summed E-state index contributed by atoms with van der Waals surface area (Å²) in [5.74, 6) is 0.384. The van der Waals surface area contributed by atoms with Gasteiger partial charge in [0.2, 0.25) is 0 Å². The molecule has 20 heavy (non-hydrogen) atoms. The summed E-state index contributed by atoms with van der Waals surface area (Å²) in [6.07, 6.45) is 3.09. The summed E-state index contributed by atoms with van der Waals surface area (Å²) < 4.78 is 0. The van der Waals surface area contributed by atoms with Crippen molar-refractivity contribution < 1.29 is 0 Å². The Kier molecular flexibility index (Phi) is 5.57. The summed E-state index contributed by atoms with van der Waals surface area (Å²) in [6, 6.07) is 19.3. The minimum Gasteiger partial charge on any atom is -0.315 e. The number of nitrogens with one attached hydrogen (secondary N) is 1. The van der Waals surface area contributed by atoms with E-state index >= 15 is 0 Å². The van der Waals surface area contributed by atoms with Gasteiger partial charge in [-0.1, -0.05) is 66.2 Å². The Morgan fingerprint density at radius 2 is 1.75 bits per heavy atom. The number of aryl methyl sites for hydroxylation is 1. The van der Waals surface area contributed by atoms with E-state index in [0.29, 0.717) is 5.92 Å². The maximum absolute atomic E-state index is 3.94. The predicted molar refractivity (Wildman–Crippen MR) is 87.1 cm³/mol. The minimum atomic E-state index is 0.384. The Labute approximate surface area is 122 Å². The molecule has 2 aromatic rings. The zero-order valence-electron chi connectivity index (χ0n) is 12.2. The highest BCUT2D eigenvalue weighted by atomic mass is 14.8. The summed E-state index contributed by atoms with van der Waals surface area (Å²) in [5, 5.41) is 3.53. The van der Waals surface area contributed by atoms with E-state index < -0.39 is 0 Å². The normalized spacial score (nSPS) is 12.1. The second-order valence-corrected chi connectivity index (χ2v) is 5.19. The van der Waals surface area contributed by atoms with Gasteiger partial charge in [0.15, 0.2) is 0 Å². The van der Waals surface area contributed by atoms with Crippen LogP contribution >= 0.6 is 0 Å². The van der Waals surface area contributed by atoms with Crippen LogP contribution in [0.1, 0.15) is 22.6 Å². The summed E-state index contributed by atoms with van der Waals surface area (Å²) in [6.45, 7) is 8.01. The molecule has 2 rings (SSSR count). The van der Waals surface area contributed by atoms with E-state index in [1.807, 2.05) is 6.08 Å². The molecule has 1 nitrogen and oxygen atoms in total. The Morgan fingerprint density at radius 1 is 1.05 bits per heavy atom. The number of hydrogen-bond donors (Lipinski definition) is 1. The molecule has 0 aliphatic carbocycles. The highest BCUT2D eigenvalue weighted by Crippen LogP contribution is 2.15. The van der Waals surface area contributed by atoms with E-state index in [4.69, 9.17) is 0 Å². The lowest BCUT2D eigenvalue weighted by Crippen LogP contribution is -2.23. The first kappa shape index (κ1) is 14.5. The monoisotopic (exact) mass is 265 g/mol. The molecule has 1 unspecified atom stereocenters. The van der Waals surface area contributed by atoms with Crippen LogP contribution in [0.5, 0.6) is 0 Å². The van der Waals surface area contributed by atoms with Crippen molar-refractivity contribution in [1.82, 2.24) is 5.32 Å². The van der Waals surface area contributed by atoms with Crippen molar-refractivity contribution in [3.05, 3.63) is 83.9 Å². The fourth-order valence-electron chi connectivity index (χ4n) is 2.28. The third kappa shape index (κ3) is 4.36. The minimum absolute atomic E-state index is 0.384. The van der Waals surface area contributed by atoms with Gasteiger partial charge in [0.05, 0.1) is 0 Å². The average Bonchev–Trinajstić information content (AvgIpc) is 2.50. The van der Waals surface area contributed by atoms with Gasteiger partial charge < -0.3 is 5.32 Å². The number of rotatable bonds is 7. The zero-order chi connectivity index (χ0) is 14.2. The molecule has 1 heteroatoms. The largest absolute Gasteiger partial charge is 0.315 e. The van der Waals surface area contributed by atoms with Gasteiger partial charge in [-0.25, -0.2) is 0 Å². The second kappa shape index (κ2) is 7.66. The second-order valence-electron chi connectivity index (χ2n) is 5.19. The molecule has 2 aromatic carbocycles. The molecule has 0 aliphatic heterocycles. The van der Waals surface area contributed by atoms with Crippen LogP contribution in [0.4, 0.5) is 0 Å². The van der Waals surface area contributed by atoms with Gasteiger partial charge in [0.1, 0.15) is 0 Å². The van der Waals surface area contributed by atoms with Crippen molar-refractivity contribution in [2.45, 2.75) is 19.3 Å². The molecule has 0 radical (unpaired) electrons. The van der Waals surface area contributed by atoms with Crippen LogP contribution in [0.15, 0.2) is 67.3 Å². The lowest BCUT2D eigenvalue weighted by atomic mass is 9.99. The molecular formula is C19H23N. The first-order chi connectivity index (χ1) is 9.79. The maximum Gasteiger partial charge on any atom is 0.0141 e. The van der Waals surface area contributed by atoms with E-state index in [9.17, 15) is 0 Å². The van der Waals surface area contributed by atoms with Gasteiger partial charge in [-0.05, 0) is 31.0 Å². The molecule has 0 aromatic heterocycles. The van der Waals surface area contributed by atoms with E-state index in [-0.39, 0.29) is 0 Å². The molecule has 0 saturated carbocycles. The topological polar surface area (TPSA) is 12.0 Å². The third-order valence-electron chi connectivity index (χ3n) is 3.59. The predicted octanol–water partition coefficient (Wildman–Crippen LogP) is 4.10. The van der Waals surface area contributed by atoms with E-state index in [0.717, 1.165) is 19.5 Å². The maximum atomic E-state index is 3.94. The Balaban J connectivity index is 1.77. The lowest BCUT2D eigenvalue weighted by molar-refractivity contribution is 0.645. The molecule has 0 bridgehead atoms. The van der Waals surface area contributed by atoms with Crippen LogP contribution in [0.25, 0.3) is 0 Å². The van der Waals surface area contributed by atoms with Gasteiger partial charge in [0, 0.05) is 12.5 Å². The number of hydrogen-bond acceptors (Lipinski definition) is 1. The van der Waals surface area contributed by atoms with Crippen molar-refractivity contribution in [2.24, 2.45) is 0 Å². The molecule has 0 saturated heterocycles. The molecule has 0 heterocycles. The van der Waals surface area contributed by atoms with Crippen LogP contribution in [0, 0.1) is 6.92 Å². The Bertz CT molecular complexity index is 513. The Morgan fingerprint density at radius 3 is 2.40 bits per heavy atom. The van der Waals surface area contributed by atoms with Gasteiger partial charge in [-0.15, -0.1) is 6.58 Å². The molecule has 0 spiro atoms. The standard InChI is InChI=1S/C19H23N/c1-3-18(19-7-5-4-6-8-19)15-20-14-13-17-11-9-16(2)10-12-17/h3-12,18,20H,1,13-15H2,2H3. The first-order valence-electron chi connectivity index (χ1n) is 7.23. The average molecular weight is 265 g/mol. The van der Waals surface area contributed by atoms with Gasteiger partial charge in [-0.2, -0.15) is 0 Å². The molecule has 0 amide bonds. The van der Waals surface area contributed by atoms with Crippen molar-refractivity contribution >= 4 is 0 Å². The third-order valence-corrected chi connectivity index (χ3v) is 3.59. The molecule has 1 atom stereocenters. The summed E-state index contributed by atoms with van der Waals surface area (Å²) in [5.41, 5.74) is 4.03. The van der Waals surface area contributed by atoms with Crippen LogP contribution < -0.4 is 5.32 Å². The van der Waals surface area contributed by atoms with Crippen LogP contribution in [0.3, 0.4) is 0 Å². The van der Waals surface area contributed by atoms with Crippen molar-refractivity contribution in [2.75, 3.05) is 13.1 Å². The molecule has 1 N–H and O–H groups in total. The molecule has 0 fully saturated rings. The summed E-state index contributed by atoms with van der Waals surface area (Å²) in [4.78, 5) is 0. The van der Waals surface area contributed by atoms with Crippen LogP contribution in [0.2, 0.25) is 0 Å². The van der Waals surface area contributed by atoms with Gasteiger partial charge in [0.25, 0.3) is 0 Å². The quantitative estimate of drug-likeness (QED) is 0.587. The number of benzene rings is 2. The fourth-order valence-corrected chi connectivity index (χ4v) is 2.28.